The number of fused-ring (bicyclic) bond motifs is 2. The van der Waals surface area contributed by atoms with Crippen LogP contribution in [0.5, 0.6) is 0 Å². The van der Waals surface area contributed by atoms with E-state index in [4.69, 9.17) is 0 Å². The molecule has 0 saturated heterocycles. The molecule has 3 aromatic carbocycles. The fourth-order valence-electron chi connectivity index (χ4n) is 4.59. The lowest BCUT2D eigenvalue weighted by molar-refractivity contribution is -0.138. The molecule has 3 heterocycles. The van der Waals surface area contributed by atoms with Crippen molar-refractivity contribution in [1.82, 2.24) is 9.80 Å². The summed E-state index contributed by atoms with van der Waals surface area (Å²) in [5.41, 5.74) is 1.68. The van der Waals surface area contributed by atoms with Gasteiger partial charge in [0.05, 0.1) is 18.0 Å². The number of carbonyl (C=O) groups excluding carboxylic acids is 4. The highest BCUT2D eigenvalue weighted by molar-refractivity contribution is 7.12. The molecule has 4 aromatic rings. The molecule has 0 atom stereocenters. The average molecular weight is 527 g/mol. The number of hydrogen-bond acceptors (Lipinski definition) is 5. The van der Waals surface area contributed by atoms with Crippen LogP contribution in [0.25, 0.3) is 21.5 Å². The fraction of sp³-hybridized carbons (Fsp3) is 0.0625. The highest BCUT2D eigenvalue weighted by Crippen LogP contribution is 2.32. The van der Waals surface area contributed by atoms with Gasteiger partial charge in [-0.15, -0.1) is 11.3 Å². The number of amides is 4. The molecule has 0 fully saturated rings. The van der Waals surface area contributed by atoms with Crippen LogP contribution < -0.4 is 0 Å². The van der Waals surface area contributed by atoms with E-state index in [1.54, 1.807) is 0 Å². The third kappa shape index (κ3) is 4.53. The van der Waals surface area contributed by atoms with Crippen molar-refractivity contribution in [2.24, 2.45) is 0 Å². The largest absolute Gasteiger partial charge is 0.270 e. The van der Waals surface area contributed by atoms with Crippen LogP contribution >= 0.6 is 11.3 Å². The molecule has 0 unspecified atom stereocenters. The molecule has 1 aromatic heterocycles. The molecule has 0 N–H and O–H groups in total. The fourth-order valence-corrected chi connectivity index (χ4v) is 5.44. The van der Waals surface area contributed by atoms with Crippen molar-refractivity contribution in [2.75, 3.05) is 6.54 Å². The molecule has 0 spiro atoms. The first-order valence-corrected chi connectivity index (χ1v) is 12.9. The van der Waals surface area contributed by atoms with Gasteiger partial charge in [0.2, 0.25) is 0 Å². The maximum Gasteiger partial charge on any atom is 0.254 e. The van der Waals surface area contributed by atoms with Crippen LogP contribution in [0.4, 0.5) is 0 Å². The first-order chi connectivity index (χ1) is 19.0. The minimum Gasteiger partial charge on any atom is -0.270 e. The van der Waals surface area contributed by atoms with Crippen molar-refractivity contribution >= 4 is 56.5 Å². The van der Waals surface area contributed by atoms with Gasteiger partial charge in [-0.1, -0.05) is 72.2 Å². The van der Waals surface area contributed by atoms with Crippen molar-refractivity contribution in [3.63, 3.8) is 0 Å². The summed E-state index contributed by atoms with van der Waals surface area (Å²) in [5, 5.41) is 3.74. The predicted molar refractivity (Wildman–Crippen MR) is 149 cm³/mol. The van der Waals surface area contributed by atoms with E-state index in [0.29, 0.717) is 0 Å². The van der Waals surface area contributed by atoms with E-state index < -0.39 is 0 Å². The van der Waals surface area contributed by atoms with Crippen LogP contribution in [0.1, 0.15) is 20.9 Å². The average Bonchev–Trinajstić information content (AvgIpc) is 3.63. The molecule has 6 rings (SSSR count). The Labute approximate surface area is 227 Å². The lowest BCUT2D eigenvalue weighted by Gasteiger charge is -2.11. The van der Waals surface area contributed by atoms with Gasteiger partial charge in [0.25, 0.3) is 23.6 Å². The molecule has 4 amide bonds. The van der Waals surface area contributed by atoms with Crippen molar-refractivity contribution in [1.29, 1.82) is 0 Å². The third-order valence-electron chi connectivity index (χ3n) is 6.47. The molecule has 7 heteroatoms. The van der Waals surface area contributed by atoms with Gasteiger partial charge < -0.3 is 0 Å². The van der Waals surface area contributed by atoms with Crippen LogP contribution in [0, 0.1) is 23.7 Å². The van der Waals surface area contributed by atoms with E-state index >= 15 is 0 Å². The standard InChI is InChI=1S/C32H18N2O4S/c35-29-15-16-30(36)33(29)19-5-10-27-23-6-1-3-8-25(23)28(26-9-4-2-7-24(26)27)14-13-21-11-12-22(39-21)20-34-31(37)17-18-32(34)38/h1-4,6-9,11-12,15-18H,19-20H2. The van der Waals surface area contributed by atoms with Gasteiger partial charge in [0.15, 0.2) is 0 Å². The SMILES string of the molecule is O=C1C=CC(=O)N1CC#Cc1c2ccccc2c(C#Cc2ccc(CN3C(=O)C=CC3=O)s2)c2ccccc12. The Morgan fingerprint density at radius 1 is 0.564 bits per heavy atom. The predicted octanol–water partition coefficient (Wildman–Crippen LogP) is 4.16. The second-order valence-electron chi connectivity index (χ2n) is 8.85. The Kier molecular flexibility index (Phi) is 6.13. The molecule has 6 nitrogen and oxygen atoms in total. The van der Waals surface area contributed by atoms with E-state index in [2.05, 4.69) is 23.7 Å². The zero-order valence-electron chi connectivity index (χ0n) is 20.4. The number of nitrogens with zero attached hydrogens (tertiary/aromatic N) is 2. The first-order valence-electron chi connectivity index (χ1n) is 12.1. The molecule has 2 aliphatic rings. The molecule has 0 saturated carbocycles. The Morgan fingerprint density at radius 3 is 1.59 bits per heavy atom. The van der Waals surface area contributed by atoms with Crippen LogP contribution in [0.2, 0.25) is 0 Å². The van der Waals surface area contributed by atoms with E-state index in [0.717, 1.165) is 47.3 Å². The van der Waals surface area contributed by atoms with E-state index in [-0.39, 0.29) is 36.7 Å². The lowest BCUT2D eigenvalue weighted by Crippen LogP contribution is -2.30. The van der Waals surface area contributed by atoms with Crippen molar-refractivity contribution in [3.8, 4) is 23.7 Å². The highest BCUT2D eigenvalue weighted by Gasteiger charge is 2.24. The van der Waals surface area contributed by atoms with Crippen LogP contribution in [0.3, 0.4) is 0 Å². The summed E-state index contributed by atoms with van der Waals surface area (Å²) in [6.07, 6.45) is 5.07. The van der Waals surface area contributed by atoms with Gasteiger partial charge in [-0.25, -0.2) is 0 Å². The topological polar surface area (TPSA) is 74.8 Å². The maximum absolute atomic E-state index is 11.9. The molecule has 0 radical (unpaired) electrons. The van der Waals surface area contributed by atoms with Crippen molar-refractivity contribution in [3.05, 3.63) is 106 Å². The zero-order chi connectivity index (χ0) is 26.9. The molecular weight excluding hydrogens is 508 g/mol. The monoisotopic (exact) mass is 526 g/mol. The smallest absolute Gasteiger partial charge is 0.254 e. The number of benzene rings is 3. The van der Waals surface area contributed by atoms with E-state index in [1.807, 2.05) is 60.7 Å². The normalized spacial score (nSPS) is 14.4. The summed E-state index contributed by atoms with van der Waals surface area (Å²) < 4.78 is 0. The summed E-state index contributed by atoms with van der Waals surface area (Å²) in [6.45, 7) is 0.237. The van der Waals surface area contributed by atoms with E-state index in [1.165, 1.54) is 40.5 Å². The molecule has 39 heavy (non-hydrogen) atoms. The summed E-state index contributed by atoms with van der Waals surface area (Å²) in [6, 6.07) is 19.6. The van der Waals surface area contributed by atoms with Gasteiger partial charge in [0.1, 0.15) is 0 Å². The highest BCUT2D eigenvalue weighted by atomic mass is 32.1. The van der Waals surface area contributed by atoms with Crippen molar-refractivity contribution < 1.29 is 19.2 Å². The molecular formula is C32H18N2O4S. The minimum absolute atomic E-state index is 0.0142. The first kappa shape index (κ1) is 24.1. The van der Waals surface area contributed by atoms with Gasteiger partial charge in [-0.2, -0.15) is 0 Å². The summed E-state index contributed by atoms with van der Waals surface area (Å²) in [7, 11) is 0. The second-order valence-corrected chi connectivity index (χ2v) is 10.0. The van der Waals surface area contributed by atoms with Gasteiger partial charge in [0, 0.05) is 40.3 Å². The lowest BCUT2D eigenvalue weighted by atomic mass is 9.92. The summed E-state index contributed by atoms with van der Waals surface area (Å²) in [5.74, 6) is 11.5. The minimum atomic E-state index is -0.360. The number of thiophene rings is 1. The molecule has 0 bridgehead atoms. The third-order valence-corrected chi connectivity index (χ3v) is 7.45. The Bertz CT molecular complexity index is 1830. The van der Waals surface area contributed by atoms with Gasteiger partial charge in [-0.05, 0) is 33.7 Å². The number of hydrogen-bond donors (Lipinski definition) is 0. The number of rotatable bonds is 3. The maximum atomic E-state index is 11.9. The van der Waals surface area contributed by atoms with Crippen LogP contribution in [-0.4, -0.2) is 40.0 Å². The van der Waals surface area contributed by atoms with Crippen molar-refractivity contribution in [2.45, 2.75) is 6.54 Å². The Hall–Kier alpha value is -5.24. The van der Waals surface area contributed by atoms with Gasteiger partial charge >= 0.3 is 0 Å². The van der Waals surface area contributed by atoms with Gasteiger partial charge in [-0.3, -0.25) is 29.0 Å². The molecule has 2 aliphatic heterocycles. The number of imide groups is 2. The van der Waals surface area contributed by atoms with Crippen LogP contribution in [-0.2, 0) is 25.7 Å². The quantitative estimate of drug-likeness (QED) is 0.228. The Balaban J connectivity index is 1.38. The van der Waals surface area contributed by atoms with Crippen LogP contribution in [0.15, 0.2) is 85.0 Å². The number of carbonyl (C=O) groups is 4. The second kappa shape index (κ2) is 9.90. The summed E-state index contributed by atoms with van der Waals surface area (Å²) >= 11 is 1.45. The molecule has 186 valence electrons. The van der Waals surface area contributed by atoms with E-state index in [9.17, 15) is 19.2 Å². The molecule has 0 aliphatic carbocycles. The summed E-state index contributed by atoms with van der Waals surface area (Å²) in [4.78, 5) is 51.6. The Morgan fingerprint density at radius 2 is 1.05 bits per heavy atom. The zero-order valence-corrected chi connectivity index (χ0v) is 21.2.